The molecule has 98 valence electrons. The van der Waals surface area contributed by atoms with Crippen LogP contribution in [0.4, 0.5) is 0 Å². The van der Waals surface area contributed by atoms with Crippen molar-refractivity contribution in [3.63, 3.8) is 0 Å². The Morgan fingerprint density at radius 1 is 1.39 bits per heavy atom. The van der Waals surface area contributed by atoms with Crippen LogP contribution in [0.25, 0.3) is 0 Å². The van der Waals surface area contributed by atoms with E-state index in [1.807, 2.05) is 6.92 Å². The Morgan fingerprint density at radius 3 is 2.61 bits per heavy atom. The molecule has 1 aromatic carbocycles. The molecule has 1 aliphatic heterocycles. The van der Waals surface area contributed by atoms with Crippen LogP contribution < -0.4 is 19.5 Å². The summed E-state index contributed by atoms with van der Waals surface area (Å²) in [5.74, 6) is 1.14. The molecule has 0 radical (unpaired) electrons. The largest absolute Gasteiger partial charge is 0.496 e. The molecule has 0 aliphatic carbocycles. The number of ether oxygens (including phenoxy) is 4. The summed E-state index contributed by atoms with van der Waals surface area (Å²) in [5, 5.41) is 2.54. The molecule has 1 atom stereocenters. The number of hydrogen-bond acceptors (Lipinski definition) is 5. The van der Waals surface area contributed by atoms with E-state index in [-0.39, 0.29) is 5.91 Å². The highest BCUT2D eigenvalue weighted by Gasteiger charge is 2.27. The molecule has 6 heteroatoms. The number of fused-ring (bicyclic) bond motifs is 1. The lowest BCUT2D eigenvalue weighted by Gasteiger charge is -2.07. The zero-order valence-electron chi connectivity index (χ0n) is 10.5. The van der Waals surface area contributed by atoms with Crippen molar-refractivity contribution in [3.05, 3.63) is 17.7 Å². The first-order valence-corrected chi connectivity index (χ1v) is 5.58. The van der Waals surface area contributed by atoms with Gasteiger partial charge in [-0.05, 0) is 6.92 Å². The molecule has 1 aromatic rings. The lowest BCUT2D eigenvalue weighted by atomic mass is 10.1. The van der Waals surface area contributed by atoms with Gasteiger partial charge in [-0.3, -0.25) is 4.79 Å². The smallest absolute Gasteiger partial charge is 0.361 e. The van der Waals surface area contributed by atoms with E-state index in [1.54, 1.807) is 19.2 Å². The average Bonchev–Trinajstić information content (AvgIpc) is 2.77. The molecular formula is C12H15NO5. The van der Waals surface area contributed by atoms with Crippen molar-refractivity contribution < 1.29 is 23.7 Å². The maximum atomic E-state index is 11.7. The van der Waals surface area contributed by atoms with Crippen molar-refractivity contribution in [2.45, 2.75) is 13.4 Å². The first-order chi connectivity index (χ1) is 8.69. The van der Waals surface area contributed by atoms with Crippen LogP contribution in [-0.4, -0.2) is 33.1 Å². The molecule has 6 nitrogen and oxygen atoms in total. The molecule has 0 fully saturated rings. The zero-order valence-corrected chi connectivity index (χ0v) is 10.5. The Bertz CT molecular complexity index is 460. The number of methoxy groups -OCH3 is 1. The van der Waals surface area contributed by atoms with E-state index >= 15 is 0 Å². The summed E-state index contributed by atoms with van der Waals surface area (Å²) >= 11 is 0. The van der Waals surface area contributed by atoms with Gasteiger partial charge in [0.2, 0.25) is 0 Å². The number of carbonyl (C=O) groups is 1. The van der Waals surface area contributed by atoms with Gasteiger partial charge < -0.3 is 24.3 Å². The fourth-order valence-electron chi connectivity index (χ4n) is 1.64. The Hall–Kier alpha value is -1.95. The van der Waals surface area contributed by atoms with Gasteiger partial charge in [0, 0.05) is 19.2 Å². The monoisotopic (exact) mass is 253 g/mol. The second-order valence-corrected chi connectivity index (χ2v) is 3.56. The van der Waals surface area contributed by atoms with Gasteiger partial charge in [0.05, 0.1) is 19.3 Å². The highest BCUT2D eigenvalue weighted by molar-refractivity contribution is 5.97. The van der Waals surface area contributed by atoms with E-state index in [9.17, 15) is 4.79 Å². The third kappa shape index (κ3) is 2.19. The van der Waals surface area contributed by atoms with Crippen molar-refractivity contribution >= 4 is 5.91 Å². The number of rotatable bonds is 4. The minimum atomic E-state index is -0.769. The maximum absolute atomic E-state index is 11.7. The fourth-order valence-corrected chi connectivity index (χ4v) is 1.64. The Kier molecular flexibility index (Phi) is 3.57. The number of amides is 1. The second kappa shape index (κ2) is 5.14. The van der Waals surface area contributed by atoms with Crippen molar-refractivity contribution in [2.75, 3.05) is 20.8 Å². The van der Waals surface area contributed by atoms with Crippen LogP contribution in [0.1, 0.15) is 17.3 Å². The predicted molar refractivity (Wildman–Crippen MR) is 63.1 cm³/mol. The quantitative estimate of drug-likeness (QED) is 0.871. The molecule has 1 heterocycles. The van der Waals surface area contributed by atoms with Crippen LogP contribution >= 0.6 is 0 Å². The summed E-state index contributed by atoms with van der Waals surface area (Å²) in [6.07, 6.45) is 0. The van der Waals surface area contributed by atoms with Gasteiger partial charge in [-0.25, -0.2) is 0 Å². The normalized spacial score (nSPS) is 16.5. The summed E-state index contributed by atoms with van der Waals surface area (Å²) in [4.78, 5) is 11.7. The fraction of sp³-hybridized carbons (Fsp3) is 0.417. The molecular weight excluding hydrogens is 238 g/mol. The predicted octanol–water partition coefficient (Wildman–Crippen LogP) is 1.15. The Balaban J connectivity index is 2.32. The number of hydrogen-bond donors (Lipinski definition) is 1. The highest BCUT2D eigenvalue weighted by Crippen LogP contribution is 2.40. The third-order valence-corrected chi connectivity index (χ3v) is 2.49. The molecule has 1 aliphatic rings. The summed E-state index contributed by atoms with van der Waals surface area (Å²) in [6, 6.07) is 3.19. The number of nitrogens with one attached hydrogen (secondary N) is 1. The van der Waals surface area contributed by atoms with Gasteiger partial charge in [0.25, 0.3) is 5.91 Å². The first kappa shape index (κ1) is 12.5. The van der Waals surface area contributed by atoms with Crippen molar-refractivity contribution in [2.24, 2.45) is 0 Å². The van der Waals surface area contributed by atoms with Gasteiger partial charge in [-0.2, -0.15) is 0 Å². The van der Waals surface area contributed by atoms with Crippen LogP contribution in [-0.2, 0) is 4.74 Å². The summed E-state index contributed by atoms with van der Waals surface area (Å²) < 4.78 is 21.2. The van der Waals surface area contributed by atoms with Crippen molar-refractivity contribution in [1.82, 2.24) is 5.32 Å². The molecule has 0 bridgehead atoms. The summed E-state index contributed by atoms with van der Waals surface area (Å²) in [6.45, 7) is 1.54. The van der Waals surface area contributed by atoms with Gasteiger partial charge in [0.1, 0.15) is 5.75 Å². The lowest BCUT2D eigenvalue weighted by Crippen LogP contribution is -2.21. The second-order valence-electron chi connectivity index (χ2n) is 3.56. The minimum absolute atomic E-state index is 0.252. The van der Waals surface area contributed by atoms with Crippen LogP contribution in [0, 0.1) is 0 Å². The van der Waals surface area contributed by atoms with Gasteiger partial charge in [-0.15, -0.1) is 0 Å². The maximum Gasteiger partial charge on any atom is 0.361 e. The lowest BCUT2D eigenvalue weighted by molar-refractivity contribution is -0.173. The highest BCUT2D eigenvalue weighted by atomic mass is 16.9. The van der Waals surface area contributed by atoms with Gasteiger partial charge in [0.15, 0.2) is 11.5 Å². The molecule has 0 aromatic heterocycles. The topological polar surface area (TPSA) is 66.0 Å². The SMILES string of the molecule is CCOC1Oc2cc(OC)c(C(=O)NC)cc2O1. The van der Waals surface area contributed by atoms with Gasteiger partial charge in [-0.1, -0.05) is 0 Å². The van der Waals surface area contributed by atoms with Gasteiger partial charge >= 0.3 is 6.48 Å². The molecule has 18 heavy (non-hydrogen) atoms. The minimum Gasteiger partial charge on any atom is -0.496 e. The van der Waals surface area contributed by atoms with Crippen LogP contribution in [0.5, 0.6) is 17.2 Å². The molecule has 0 spiro atoms. The first-order valence-electron chi connectivity index (χ1n) is 5.58. The van der Waals surface area contributed by atoms with Crippen molar-refractivity contribution in [3.8, 4) is 17.2 Å². The van der Waals surface area contributed by atoms with Crippen LogP contribution in [0.3, 0.4) is 0 Å². The van der Waals surface area contributed by atoms with E-state index in [0.29, 0.717) is 29.4 Å². The van der Waals surface area contributed by atoms with E-state index in [0.717, 1.165) is 0 Å². The Labute approximate surface area is 105 Å². The van der Waals surface area contributed by atoms with Crippen LogP contribution in [0.15, 0.2) is 12.1 Å². The Morgan fingerprint density at radius 2 is 2.06 bits per heavy atom. The average molecular weight is 253 g/mol. The standard InChI is InChI=1S/C12H15NO5/c1-4-16-12-17-9-5-7(11(14)13-2)8(15-3)6-10(9)18-12/h5-6,12H,4H2,1-3H3,(H,13,14). The van der Waals surface area contributed by atoms with E-state index in [2.05, 4.69) is 5.32 Å². The molecule has 1 amide bonds. The zero-order chi connectivity index (χ0) is 13.1. The van der Waals surface area contributed by atoms with E-state index in [4.69, 9.17) is 18.9 Å². The van der Waals surface area contributed by atoms with E-state index in [1.165, 1.54) is 7.11 Å². The third-order valence-electron chi connectivity index (χ3n) is 2.49. The van der Waals surface area contributed by atoms with E-state index < -0.39 is 6.48 Å². The molecule has 1 N–H and O–H groups in total. The molecule has 2 rings (SSSR count). The summed E-state index contributed by atoms with van der Waals surface area (Å²) in [7, 11) is 3.04. The van der Waals surface area contributed by atoms with Crippen LogP contribution in [0.2, 0.25) is 0 Å². The molecule has 1 unspecified atom stereocenters. The van der Waals surface area contributed by atoms with Crippen molar-refractivity contribution in [1.29, 1.82) is 0 Å². The molecule has 0 saturated heterocycles. The molecule has 0 saturated carbocycles. The summed E-state index contributed by atoms with van der Waals surface area (Å²) in [5.41, 5.74) is 0.388. The number of carbonyl (C=O) groups excluding carboxylic acids is 1. The number of benzene rings is 1.